The van der Waals surface area contributed by atoms with Crippen molar-refractivity contribution in [2.75, 3.05) is 14.2 Å². The molecule has 0 saturated heterocycles. The van der Waals surface area contributed by atoms with Gasteiger partial charge in [-0.2, -0.15) is 13.2 Å². The molecule has 0 bridgehead atoms. The number of aliphatic hydroxyl groups is 1. The molecular formula is C10H10ClF3O3. The maximum Gasteiger partial charge on any atom is 0.418 e. The molecule has 1 N–H and O–H groups in total. The average molecular weight is 271 g/mol. The summed E-state index contributed by atoms with van der Waals surface area (Å²) in [6.07, 6.45) is -7.45. The van der Waals surface area contributed by atoms with E-state index in [0.717, 1.165) is 6.07 Å². The van der Waals surface area contributed by atoms with Crippen LogP contribution in [0.25, 0.3) is 0 Å². The number of hydrogen-bond acceptors (Lipinski definition) is 3. The van der Waals surface area contributed by atoms with Crippen LogP contribution in [0.4, 0.5) is 13.2 Å². The van der Waals surface area contributed by atoms with E-state index in [4.69, 9.17) is 26.2 Å². The Morgan fingerprint density at radius 1 is 1.24 bits per heavy atom. The molecule has 1 aromatic rings. The molecule has 0 fully saturated rings. The Kier molecular flexibility index (Phi) is 4.11. The average Bonchev–Trinajstić information content (AvgIpc) is 2.26. The molecule has 0 amide bonds. The molecule has 3 nitrogen and oxygen atoms in total. The van der Waals surface area contributed by atoms with E-state index in [2.05, 4.69) is 0 Å². The number of halogens is 4. The first-order chi connectivity index (χ1) is 7.82. The number of methoxy groups -OCH3 is 2. The van der Waals surface area contributed by atoms with E-state index in [1.807, 2.05) is 0 Å². The van der Waals surface area contributed by atoms with Crippen molar-refractivity contribution in [3.05, 3.63) is 22.7 Å². The SMILES string of the molecule is COc1ccc(C(O)C(F)(F)F)c(Cl)c1OC. The minimum absolute atomic E-state index is 0.0463. The second-order valence-corrected chi connectivity index (χ2v) is 3.53. The van der Waals surface area contributed by atoms with Crippen molar-refractivity contribution in [1.82, 2.24) is 0 Å². The number of ether oxygens (including phenoxy) is 2. The highest BCUT2D eigenvalue weighted by Gasteiger charge is 2.41. The van der Waals surface area contributed by atoms with Gasteiger partial charge >= 0.3 is 6.18 Å². The molecule has 0 radical (unpaired) electrons. The van der Waals surface area contributed by atoms with Crippen LogP contribution in [-0.2, 0) is 0 Å². The standard InChI is InChI=1S/C10H10ClF3O3/c1-16-6-4-3-5(7(11)8(6)17-2)9(15)10(12,13)14/h3-4,9,15H,1-2H3. The maximum absolute atomic E-state index is 12.4. The Bertz CT molecular complexity index is 407. The topological polar surface area (TPSA) is 38.7 Å². The van der Waals surface area contributed by atoms with Gasteiger partial charge in [0.25, 0.3) is 0 Å². The van der Waals surface area contributed by atoms with Gasteiger partial charge in [0.05, 0.1) is 19.2 Å². The number of benzene rings is 1. The van der Waals surface area contributed by atoms with E-state index in [1.165, 1.54) is 20.3 Å². The quantitative estimate of drug-likeness (QED) is 0.918. The maximum atomic E-state index is 12.4. The van der Waals surface area contributed by atoms with Crippen LogP contribution < -0.4 is 9.47 Å². The first-order valence-corrected chi connectivity index (χ1v) is 4.85. The molecule has 0 aliphatic rings. The van der Waals surface area contributed by atoms with E-state index in [-0.39, 0.29) is 16.5 Å². The smallest absolute Gasteiger partial charge is 0.418 e. The van der Waals surface area contributed by atoms with Crippen LogP contribution in [0, 0.1) is 0 Å². The van der Waals surface area contributed by atoms with Crippen molar-refractivity contribution < 1.29 is 27.8 Å². The monoisotopic (exact) mass is 270 g/mol. The summed E-state index contributed by atoms with van der Waals surface area (Å²) in [5.41, 5.74) is -0.475. The molecular weight excluding hydrogens is 261 g/mol. The summed E-state index contributed by atoms with van der Waals surface area (Å²) in [5, 5.41) is 8.79. The summed E-state index contributed by atoms with van der Waals surface area (Å²) >= 11 is 5.73. The third kappa shape index (κ3) is 2.76. The van der Waals surface area contributed by atoms with Gasteiger partial charge in [-0.05, 0) is 6.07 Å². The van der Waals surface area contributed by atoms with Gasteiger partial charge in [-0.15, -0.1) is 0 Å². The van der Waals surface area contributed by atoms with Gasteiger partial charge in [0.2, 0.25) is 0 Å². The van der Waals surface area contributed by atoms with Crippen molar-refractivity contribution in [1.29, 1.82) is 0 Å². The first kappa shape index (κ1) is 13.9. The molecule has 0 heterocycles. The molecule has 1 unspecified atom stereocenters. The number of hydrogen-bond donors (Lipinski definition) is 1. The zero-order valence-electron chi connectivity index (χ0n) is 9.01. The van der Waals surface area contributed by atoms with E-state index in [1.54, 1.807) is 0 Å². The van der Waals surface area contributed by atoms with E-state index in [0.29, 0.717) is 0 Å². The number of rotatable bonds is 3. The molecule has 1 aromatic carbocycles. The van der Waals surface area contributed by atoms with Gasteiger partial charge in [0.1, 0.15) is 0 Å². The normalized spacial score (nSPS) is 13.4. The minimum Gasteiger partial charge on any atom is -0.493 e. The van der Waals surface area contributed by atoms with Crippen LogP contribution in [0.1, 0.15) is 11.7 Å². The Morgan fingerprint density at radius 3 is 2.24 bits per heavy atom. The lowest BCUT2D eigenvalue weighted by Crippen LogP contribution is -2.20. The van der Waals surface area contributed by atoms with E-state index >= 15 is 0 Å². The third-order valence-electron chi connectivity index (χ3n) is 2.12. The van der Waals surface area contributed by atoms with Crippen LogP contribution >= 0.6 is 11.6 Å². The van der Waals surface area contributed by atoms with Crippen molar-refractivity contribution in [2.24, 2.45) is 0 Å². The van der Waals surface area contributed by atoms with Crippen LogP contribution in [0.2, 0.25) is 5.02 Å². The molecule has 0 aromatic heterocycles. The molecule has 0 aliphatic heterocycles. The third-order valence-corrected chi connectivity index (χ3v) is 2.51. The minimum atomic E-state index is -4.79. The summed E-state index contributed by atoms with van der Waals surface area (Å²) < 4.78 is 46.8. The molecule has 0 saturated carbocycles. The van der Waals surface area contributed by atoms with Crippen LogP contribution in [-0.4, -0.2) is 25.5 Å². The fourth-order valence-electron chi connectivity index (χ4n) is 1.29. The predicted octanol–water partition coefficient (Wildman–Crippen LogP) is 2.95. The van der Waals surface area contributed by atoms with Crippen molar-refractivity contribution in [3.8, 4) is 11.5 Å². The number of alkyl halides is 3. The van der Waals surface area contributed by atoms with Crippen LogP contribution in [0.5, 0.6) is 11.5 Å². The Morgan fingerprint density at radius 2 is 1.82 bits per heavy atom. The molecule has 1 rings (SSSR count). The van der Waals surface area contributed by atoms with Crippen LogP contribution in [0.3, 0.4) is 0 Å². The zero-order valence-corrected chi connectivity index (χ0v) is 9.76. The summed E-state index contributed by atoms with van der Waals surface area (Å²) in [6, 6.07) is 2.29. The highest BCUT2D eigenvalue weighted by Crippen LogP contribution is 2.43. The lowest BCUT2D eigenvalue weighted by molar-refractivity contribution is -0.206. The summed E-state index contributed by atoms with van der Waals surface area (Å²) in [6.45, 7) is 0. The van der Waals surface area contributed by atoms with Crippen molar-refractivity contribution in [2.45, 2.75) is 12.3 Å². The molecule has 17 heavy (non-hydrogen) atoms. The summed E-state index contributed by atoms with van der Waals surface area (Å²) in [5.74, 6) is 0.144. The van der Waals surface area contributed by atoms with Crippen molar-refractivity contribution in [3.63, 3.8) is 0 Å². The van der Waals surface area contributed by atoms with E-state index < -0.39 is 17.8 Å². The molecule has 0 aliphatic carbocycles. The Hall–Kier alpha value is -1.14. The lowest BCUT2D eigenvalue weighted by atomic mass is 10.1. The van der Waals surface area contributed by atoms with Gasteiger partial charge in [-0.1, -0.05) is 17.7 Å². The van der Waals surface area contributed by atoms with Crippen molar-refractivity contribution >= 4 is 11.6 Å². The zero-order chi connectivity index (χ0) is 13.2. The van der Waals surface area contributed by atoms with Gasteiger partial charge in [0, 0.05) is 5.56 Å². The highest BCUT2D eigenvalue weighted by molar-refractivity contribution is 6.33. The molecule has 0 spiro atoms. The highest BCUT2D eigenvalue weighted by atomic mass is 35.5. The predicted molar refractivity (Wildman–Crippen MR) is 55.6 cm³/mol. The Labute approximate surface area is 101 Å². The lowest BCUT2D eigenvalue weighted by Gasteiger charge is -2.18. The fraction of sp³-hybridized carbons (Fsp3) is 0.400. The number of aliphatic hydroxyl groups excluding tert-OH is 1. The van der Waals surface area contributed by atoms with Gasteiger partial charge in [-0.25, -0.2) is 0 Å². The summed E-state index contributed by atoms with van der Waals surface area (Å²) in [4.78, 5) is 0. The van der Waals surface area contributed by atoms with Crippen LogP contribution in [0.15, 0.2) is 12.1 Å². The second kappa shape index (κ2) is 5.01. The second-order valence-electron chi connectivity index (χ2n) is 3.15. The molecule has 1 atom stereocenters. The first-order valence-electron chi connectivity index (χ1n) is 4.48. The molecule has 7 heteroatoms. The fourth-order valence-corrected chi connectivity index (χ4v) is 1.63. The molecule has 96 valence electrons. The largest absolute Gasteiger partial charge is 0.493 e. The summed E-state index contributed by atoms with van der Waals surface area (Å²) in [7, 11) is 2.57. The van der Waals surface area contributed by atoms with Gasteiger partial charge < -0.3 is 14.6 Å². The van der Waals surface area contributed by atoms with Gasteiger partial charge in [-0.3, -0.25) is 0 Å². The Balaban J connectivity index is 3.29. The van der Waals surface area contributed by atoms with Gasteiger partial charge in [0.15, 0.2) is 17.6 Å². The van der Waals surface area contributed by atoms with E-state index in [9.17, 15) is 13.2 Å².